The van der Waals surface area contributed by atoms with E-state index in [9.17, 15) is 40.7 Å². The zero-order chi connectivity index (χ0) is 25.3. The van der Waals surface area contributed by atoms with Crippen LogP contribution in [-0.4, -0.2) is 17.3 Å². The van der Waals surface area contributed by atoms with Gasteiger partial charge < -0.3 is 20.0 Å². The molecule has 0 aliphatic rings. The molecule has 0 unspecified atom stereocenters. The molecule has 3 rings (SSSR count). The monoisotopic (exact) mass is 511 g/mol. The van der Waals surface area contributed by atoms with Crippen LogP contribution in [0.3, 0.4) is 0 Å². The molecule has 0 radical (unpaired) electrons. The van der Waals surface area contributed by atoms with Gasteiger partial charge in [-0.15, -0.1) is 13.2 Å². The van der Waals surface area contributed by atoms with Crippen LogP contribution < -0.4 is 19.5 Å². The van der Waals surface area contributed by atoms with Crippen molar-refractivity contribution in [2.45, 2.75) is 12.5 Å². The normalized spacial score (nSPS) is 11.8. The van der Waals surface area contributed by atoms with E-state index in [1.54, 1.807) is 0 Å². The molecule has 1 N–H and O–H groups in total. The van der Waals surface area contributed by atoms with Gasteiger partial charge in [0.15, 0.2) is 12.0 Å². The SMILES string of the molecule is O=C(Nc1cnc[n+]([O-])c1)c1c(Oc2ccc(OC(F)(F)F)cc2)cc(C(F)(F)F)c(Cl)c1F. The molecule has 0 spiro atoms. The van der Waals surface area contributed by atoms with Gasteiger partial charge in [0.2, 0.25) is 0 Å². The number of anilines is 1. The Morgan fingerprint density at radius 2 is 1.71 bits per heavy atom. The van der Waals surface area contributed by atoms with Gasteiger partial charge in [-0.2, -0.15) is 13.2 Å². The third kappa shape index (κ3) is 5.95. The lowest BCUT2D eigenvalue weighted by atomic mass is 10.1. The first-order valence-corrected chi connectivity index (χ1v) is 9.10. The maximum atomic E-state index is 14.8. The van der Waals surface area contributed by atoms with E-state index in [0.29, 0.717) is 0 Å². The summed E-state index contributed by atoms with van der Waals surface area (Å²) < 4.78 is 101. The Kier molecular flexibility index (Phi) is 6.72. The zero-order valence-corrected chi connectivity index (χ0v) is 16.9. The number of hydrogen-bond acceptors (Lipinski definition) is 5. The molecular formula is C19H9ClF7N3O4. The van der Waals surface area contributed by atoms with Crippen LogP contribution in [0.1, 0.15) is 15.9 Å². The number of nitrogens with one attached hydrogen (secondary N) is 1. The van der Waals surface area contributed by atoms with Gasteiger partial charge in [0.1, 0.15) is 34.7 Å². The Morgan fingerprint density at radius 1 is 1.09 bits per heavy atom. The zero-order valence-electron chi connectivity index (χ0n) is 16.2. The van der Waals surface area contributed by atoms with Crippen molar-refractivity contribution in [3.05, 3.63) is 76.2 Å². The highest BCUT2D eigenvalue weighted by molar-refractivity contribution is 6.32. The quantitative estimate of drug-likeness (QED) is 0.279. The number of carbonyl (C=O) groups excluding carboxylic acids is 1. The van der Waals surface area contributed by atoms with E-state index in [4.69, 9.17) is 16.3 Å². The fourth-order valence-electron chi connectivity index (χ4n) is 2.58. The van der Waals surface area contributed by atoms with Crippen molar-refractivity contribution in [1.29, 1.82) is 0 Å². The predicted molar refractivity (Wildman–Crippen MR) is 101 cm³/mol. The number of carbonyl (C=O) groups is 1. The van der Waals surface area contributed by atoms with Crippen molar-refractivity contribution in [3.8, 4) is 17.2 Å². The van der Waals surface area contributed by atoms with Gasteiger partial charge in [0.05, 0.1) is 10.6 Å². The number of nitrogens with zero attached hydrogens (tertiary/aromatic N) is 2. The molecule has 34 heavy (non-hydrogen) atoms. The summed E-state index contributed by atoms with van der Waals surface area (Å²) in [4.78, 5) is 16.1. The van der Waals surface area contributed by atoms with Gasteiger partial charge in [-0.3, -0.25) is 4.79 Å². The van der Waals surface area contributed by atoms with E-state index < -0.39 is 51.9 Å². The average Bonchev–Trinajstić information content (AvgIpc) is 2.70. The van der Waals surface area contributed by atoms with E-state index in [1.807, 2.05) is 0 Å². The molecule has 0 saturated carbocycles. The lowest BCUT2D eigenvalue weighted by molar-refractivity contribution is -0.608. The highest BCUT2D eigenvalue weighted by Crippen LogP contribution is 2.42. The lowest BCUT2D eigenvalue weighted by Gasteiger charge is -2.17. The molecule has 0 bridgehead atoms. The highest BCUT2D eigenvalue weighted by atomic mass is 35.5. The van der Waals surface area contributed by atoms with Gasteiger partial charge in [0, 0.05) is 0 Å². The van der Waals surface area contributed by atoms with Crippen LogP contribution in [0.2, 0.25) is 5.02 Å². The van der Waals surface area contributed by atoms with Crippen molar-refractivity contribution in [1.82, 2.24) is 4.98 Å². The summed E-state index contributed by atoms with van der Waals surface area (Å²) in [6.45, 7) is 0. The molecule has 1 amide bonds. The number of amides is 1. The topological polar surface area (TPSA) is 87.4 Å². The third-order valence-corrected chi connectivity index (χ3v) is 4.28. The molecule has 1 aromatic heterocycles. The Labute approximate surface area is 189 Å². The van der Waals surface area contributed by atoms with Gasteiger partial charge in [0.25, 0.3) is 12.2 Å². The van der Waals surface area contributed by atoms with Crippen LogP contribution in [0, 0.1) is 11.0 Å². The van der Waals surface area contributed by atoms with Gasteiger partial charge in [-0.1, -0.05) is 16.6 Å². The average molecular weight is 512 g/mol. The number of benzene rings is 2. The van der Waals surface area contributed by atoms with Crippen molar-refractivity contribution < 1.29 is 49.7 Å². The highest BCUT2D eigenvalue weighted by Gasteiger charge is 2.38. The van der Waals surface area contributed by atoms with E-state index in [2.05, 4.69) is 15.0 Å². The van der Waals surface area contributed by atoms with Crippen LogP contribution in [0.4, 0.5) is 36.4 Å². The Balaban J connectivity index is 2.03. The maximum absolute atomic E-state index is 14.8. The molecule has 15 heteroatoms. The number of halogens is 8. The minimum atomic E-state index is -5.15. The second-order valence-electron chi connectivity index (χ2n) is 6.34. The standard InChI is InChI=1S/C19H9ClF7N3O4/c20-15-12(18(22,23)24)5-13(33-10-1-3-11(4-2-10)34-19(25,26)27)14(16(15)21)17(31)29-9-6-28-8-30(32)7-9/h1-8H,(H,29,31). The van der Waals surface area contributed by atoms with E-state index in [-0.39, 0.29) is 22.2 Å². The summed E-state index contributed by atoms with van der Waals surface area (Å²) in [6, 6.07) is 3.57. The van der Waals surface area contributed by atoms with Crippen molar-refractivity contribution in [2.24, 2.45) is 0 Å². The van der Waals surface area contributed by atoms with E-state index >= 15 is 0 Å². The molecule has 180 valence electrons. The van der Waals surface area contributed by atoms with Gasteiger partial charge in [-0.05, 0) is 30.3 Å². The summed E-state index contributed by atoms with van der Waals surface area (Å²) in [5, 5.41) is 11.9. The van der Waals surface area contributed by atoms with E-state index in [1.165, 1.54) is 0 Å². The maximum Gasteiger partial charge on any atom is 0.573 e. The Hall–Kier alpha value is -3.81. The van der Waals surface area contributed by atoms with Crippen molar-refractivity contribution in [2.75, 3.05) is 5.32 Å². The molecular weight excluding hydrogens is 503 g/mol. The van der Waals surface area contributed by atoms with Gasteiger partial charge >= 0.3 is 12.5 Å². The van der Waals surface area contributed by atoms with Crippen molar-refractivity contribution >= 4 is 23.2 Å². The van der Waals surface area contributed by atoms with Gasteiger partial charge in [-0.25, -0.2) is 9.12 Å². The lowest BCUT2D eigenvalue weighted by Crippen LogP contribution is -2.27. The Morgan fingerprint density at radius 3 is 2.26 bits per heavy atom. The fraction of sp³-hybridized carbons (Fsp3) is 0.105. The number of ether oxygens (including phenoxy) is 2. The second-order valence-corrected chi connectivity index (χ2v) is 6.71. The summed E-state index contributed by atoms with van der Waals surface area (Å²) in [6.07, 6.45) is -7.49. The van der Waals surface area contributed by atoms with Crippen molar-refractivity contribution in [3.63, 3.8) is 0 Å². The van der Waals surface area contributed by atoms with Crippen LogP contribution in [0.15, 0.2) is 49.1 Å². The number of alkyl halides is 6. The summed E-state index contributed by atoms with van der Waals surface area (Å²) in [5.41, 5.74) is -2.98. The first-order valence-electron chi connectivity index (χ1n) is 8.72. The van der Waals surface area contributed by atoms with E-state index in [0.717, 1.165) is 43.0 Å². The smallest absolute Gasteiger partial charge is 0.573 e. The first-order chi connectivity index (χ1) is 15.7. The molecule has 0 saturated heterocycles. The van der Waals surface area contributed by atoms with Crippen LogP contribution >= 0.6 is 11.6 Å². The Bertz CT molecular complexity index is 1220. The molecule has 3 aromatic rings. The minimum Gasteiger partial charge on any atom is -0.711 e. The summed E-state index contributed by atoms with van der Waals surface area (Å²) in [5.74, 6) is -5.14. The number of aromatic nitrogens is 2. The van der Waals surface area contributed by atoms with Crippen LogP contribution in [-0.2, 0) is 6.18 Å². The van der Waals surface area contributed by atoms with Crippen LogP contribution in [0.5, 0.6) is 17.2 Å². The molecule has 7 nitrogen and oxygen atoms in total. The number of rotatable bonds is 5. The predicted octanol–water partition coefficient (Wildman–Crippen LogP) is 5.47. The molecule has 2 aromatic carbocycles. The molecule has 1 heterocycles. The largest absolute Gasteiger partial charge is 0.711 e. The second kappa shape index (κ2) is 9.21. The molecule has 0 fully saturated rings. The molecule has 0 aliphatic carbocycles. The fourth-order valence-corrected chi connectivity index (χ4v) is 2.83. The number of hydrogen-bond donors (Lipinski definition) is 1. The minimum absolute atomic E-state index is 0.188. The van der Waals surface area contributed by atoms with Crippen LogP contribution in [0.25, 0.3) is 0 Å². The molecule has 0 atom stereocenters. The molecule has 0 aliphatic heterocycles. The first kappa shape index (κ1) is 24.8. The third-order valence-electron chi connectivity index (χ3n) is 3.91. The summed E-state index contributed by atoms with van der Waals surface area (Å²) >= 11 is 5.49. The summed E-state index contributed by atoms with van der Waals surface area (Å²) in [7, 11) is 0.